The Morgan fingerprint density at radius 2 is 2.09 bits per heavy atom. The monoisotopic (exact) mass is 317 g/mol. The summed E-state index contributed by atoms with van der Waals surface area (Å²) in [7, 11) is 1.62. The molecule has 0 saturated heterocycles. The maximum Gasteiger partial charge on any atom is 0.251 e. The van der Waals surface area contributed by atoms with Crippen LogP contribution in [0.2, 0.25) is 0 Å². The average Bonchev–Trinajstić information content (AvgIpc) is 2.57. The number of benzene rings is 1. The number of halogens is 1. The van der Waals surface area contributed by atoms with E-state index in [4.69, 9.17) is 4.74 Å². The third-order valence-electron chi connectivity index (χ3n) is 3.27. The fourth-order valence-electron chi connectivity index (χ4n) is 2.06. The molecule has 122 valence electrons. The van der Waals surface area contributed by atoms with E-state index in [1.807, 2.05) is 0 Å². The maximum atomic E-state index is 13.5. The molecule has 0 bridgehead atoms. The predicted molar refractivity (Wildman–Crippen MR) is 87.0 cm³/mol. The zero-order chi connectivity index (χ0) is 16.5. The standard InChI is InChI=1S/C17H20FN3O2/c1-23-11-10-20-16-12-14(7-8-19-16)17(22)21-9-6-13-4-2-3-5-15(13)18/h2-5,7-8,12H,6,9-11H2,1H3,(H,19,20)(H,21,22). The van der Waals surface area contributed by atoms with E-state index >= 15 is 0 Å². The van der Waals surface area contributed by atoms with Gasteiger partial charge >= 0.3 is 0 Å². The highest BCUT2D eigenvalue weighted by molar-refractivity contribution is 5.94. The normalized spacial score (nSPS) is 10.3. The number of pyridine rings is 1. The van der Waals surface area contributed by atoms with Gasteiger partial charge in [-0.2, -0.15) is 0 Å². The molecule has 6 heteroatoms. The van der Waals surface area contributed by atoms with Crippen LogP contribution in [0, 0.1) is 5.82 Å². The topological polar surface area (TPSA) is 63.2 Å². The lowest BCUT2D eigenvalue weighted by Gasteiger charge is -2.08. The number of carbonyl (C=O) groups is 1. The minimum Gasteiger partial charge on any atom is -0.383 e. The number of nitrogens with one attached hydrogen (secondary N) is 2. The van der Waals surface area contributed by atoms with Crippen LogP contribution in [0.15, 0.2) is 42.6 Å². The number of ether oxygens (including phenoxy) is 1. The number of amides is 1. The number of hydrogen-bond acceptors (Lipinski definition) is 4. The van der Waals surface area contributed by atoms with Gasteiger partial charge < -0.3 is 15.4 Å². The molecule has 0 spiro atoms. The Morgan fingerprint density at radius 3 is 2.87 bits per heavy atom. The van der Waals surface area contributed by atoms with Gasteiger partial charge in [-0.05, 0) is 30.2 Å². The predicted octanol–water partition coefficient (Wildman–Crippen LogP) is 2.25. The number of anilines is 1. The molecule has 1 aromatic carbocycles. The van der Waals surface area contributed by atoms with E-state index in [2.05, 4.69) is 15.6 Å². The molecule has 23 heavy (non-hydrogen) atoms. The van der Waals surface area contributed by atoms with Crippen LogP contribution < -0.4 is 10.6 Å². The minimum atomic E-state index is -0.254. The number of hydrogen-bond donors (Lipinski definition) is 2. The Morgan fingerprint density at radius 1 is 1.26 bits per heavy atom. The van der Waals surface area contributed by atoms with Crippen LogP contribution in [0.25, 0.3) is 0 Å². The molecule has 1 heterocycles. The van der Waals surface area contributed by atoms with E-state index in [-0.39, 0.29) is 11.7 Å². The van der Waals surface area contributed by atoms with Crippen molar-refractivity contribution in [1.29, 1.82) is 0 Å². The molecule has 1 amide bonds. The van der Waals surface area contributed by atoms with Gasteiger partial charge in [-0.3, -0.25) is 4.79 Å². The number of nitrogens with zero attached hydrogens (tertiary/aromatic N) is 1. The van der Waals surface area contributed by atoms with Gasteiger partial charge in [-0.1, -0.05) is 18.2 Å². The third-order valence-corrected chi connectivity index (χ3v) is 3.27. The summed E-state index contributed by atoms with van der Waals surface area (Å²) in [5.74, 6) is 0.151. The molecule has 0 radical (unpaired) electrons. The summed E-state index contributed by atoms with van der Waals surface area (Å²) in [6, 6.07) is 9.87. The summed E-state index contributed by atoms with van der Waals surface area (Å²) in [4.78, 5) is 16.3. The molecule has 0 atom stereocenters. The summed E-state index contributed by atoms with van der Waals surface area (Å²) in [6.07, 6.45) is 2.02. The highest BCUT2D eigenvalue weighted by Gasteiger charge is 2.07. The lowest BCUT2D eigenvalue weighted by Crippen LogP contribution is -2.26. The first-order chi connectivity index (χ1) is 11.2. The van der Waals surface area contributed by atoms with Crippen molar-refractivity contribution < 1.29 is 13.9 Å². The van der Waals surface area contributed by atoms with E-state index in [0.717, 1.165) is 0 Å². The number of methoxy groups -OCH3 is 1. The Labute approximate surface area is 134 Å². The van der Waals surface area contributed by atoms with E-state index in [0.29, 0.717) is 43.1 Å². The Bertz CT molecular complexity index is 649. The lowest BCUT2D eigenvalue weighted by molar-refractivity contribution is 0.0954. The number of carbonyl (C=O) groups excluding carboxylic acids is 1. The summed E-state index contributed by atoms with van der Waals surface area (Å²) >= 11 is 0. The van der Waals surface area contributed by atoms with Crippen molar-refractivity contribution in [2.45, 2.75) is 6.42 Å². The van der Waals surface area contributed by atoms with Gasteiger partial charge in [0.05, 0.1) is 6.61 Å². The van der Waals surface area contributed by atoms with E-state index < -0.39 is 0 Å². The molecule has 0 aliphatic heterocycles. The molecular formula is C17H20FN3O2. The van der Waals surface area contributed by atoms with E-state index in [1.54, 1.807) is 43.6 Å². The largest absolute Gasteiger partial charge is 0.383 e. The molecule has 0 saturated carbocycles. The van der Waals surface area contributed by atoms with Crippen LogP contribution in [0.1, 0.15) is 15.9 Å². The Balaban J connectivity index is 1.85. The zero-order valence-corrected chi connectivity index (χ0v) is 13.0. The van der Waals surface area contributed by atoms with Crippen molar-refractivity contribution in [3.63, 3.8) is 0 Å². The van der Waals surface area contributed by atoms with Crippen LogP contribution in [-0.2, 0) is 11.2 Å². The summed E-state index contributed by atoms with van der Waals surface area (Å²) in [5.41, 5.74) is 1.10. The minimum absolute atomic E-state index is 0.210. The molecule has 0 fully saturated rings. The van der Waals surface area contributed by atoms with Gasteiger partial charge in [0, 0.05) is 32.0 Å². The quantitative estimate of drug-likeness (QED) is 0.733. The van der Waals surface area contributed by atoms with Crippen molar-refractivity contribution >= 4 is 11.7 Å². The SMILES string of the molecule is COCCNc1cc(C(=O)NCCc2ccccc2F)ccn1. The summed E-state index contributed by atoms with van der Waals surface area (Å²) in [6.45, 7) is 1.54. The number of rotatable bonds is 8. The average molecular weight is 317 g/mol. The molecule has 2 aromatic rings. The van der Waals surface area contributed by atoms with E-state index in [9.17, 15) is 9.18 Å². The maximum absolute atomic E-state index is 13.5. The third kappa shape index (κ3) is 5.34. The molecule has 0 aliphatic rings. The first-order valence-corrected chi connectivity index (χ1v) is 7.41. The molecule has 1 aromatic heterocycles. The smallest absolute Gasteiger partial charge is 0.251 e. The van der Waals surface area contributed by atoms with Crippen molar-refractivity contribution in [3.05, 3.63) is 59.5 Å². The Kier molecular flexibility index (Phi) is 6.50. The van der Waals surface area contributed by atoms with Crippen molar-refractivity contribution in [1.82, 2.24) is 10.3 Å². The first-order valence-electron chi connectivity index (χ1n) is 7.41. The second kappa shape index (κ2) is 8.85. The zero-order valence-electron chi connectivity index (χ0n) is 13.0. The first kappa shape index (κ1) is 16.9. The Hall–Kier alpha value is -2.47. The van der Waals surface area contributed by atoms with Crippen LogP contribution in [-0.4, -0.2) is 37.7 Å². The molecule has 0 unspecified atom stereocenters. The summed E-state index contributed by atoms with van der Waals surface area (Å²) < 4.78 is 18.4. The van der Waals surface area contributed by atoms with Crippen molar-refractivity contribution in [2.75, 3.05) is 32.1 Å². The highest BCUT2D eigenvalue weighted by atomic mass is 19.1. The van der Waals surface area contributed by atoms with Crippen LogP contribution >= 0.6 is 0 Å². The molecule has 2 rings (SSSR count). The highest BCUT2D eigenvalue weighted by Crippen LogP contribution is 2.08. The van der Waals surface area contributed by atoms with Crippen LogP contribution in [0.5, 0.6) is 0 Å². The van der Waals surface area contributed by atoms with Crippen LogP contribution in [0.3, 0.4) is 0 Å². The molecular weight excluding hydrogens is 297 g/mol. The second-order valence-electron chi connectivity index (χ2n) is 4.95. The van der Waals surface area contributed by atoms with Gasteiger partial charge in [0.25, 0.3) is 5.91 Å². The van der Waals surface area contributed by atoms with Crippen LogP contribution in [0.4, 0.5) is 10.2 Å². The van der Waals surface area contributed by atoms with Gasteiger partial charge in [0.1, 0.15) is 11.6 Å². The van der Waals surface area contributed by atoms with Crippen molar-refractivity contribution in [3.8, 4) is 0 Å². The van der Waals surface area contributed by atoms with Gasteiger partial charge in [0.2, 0.25) is 0 Å². The second-order valence-corrected chi connectivity index (χ2v) is 4.95. The van der Waals surface area contributed by atoms with Crippen molar-refractivity contribution in [2.24, 2.45) is 0 Å². The fraction of sp³-hybridized carbons (Fsp3) is 0.294. The number of aromatic nitrogens is 1. The van der Waals surface area contributed by atoms with Gasteiger partial charge in [-0.15, -0.1) is 0 Å². The fourth-order valence-corrected chi connectivity index (χ4v) is 2.06. The molecule has 0 aliphatic carbocycles. The van der Waals surface area contributed by atoms with E-state index in [1.165, 1.54) is 6.07 Å². The van der Waals surface area contributed by atoms with Gasteiger partial charge in [0.15, 0.2) is 0 Å². The lowest BCUT2D eigenvalue weighted by atomic mass is 10.1. The molecule has 2 N–H and O–H groups in total. The molecule has 5 nitrogen and oxygen atoms in total. The summed E-state index contributed by atoms with van der Waals surface area (Å²) in [5, 5.41) is 5.85. The van der Waals surface area contributed by atoms with Gasteiger partial charge in [-0.25, -0.2) is 9.37 Å².